The Balaban J connectivity index is 1.79. The van der Waals surface area contributed by atoms with Crippen molar-refractivity contribution in [1.29, 1.82) is 0 Å². The van der Waals surface area contributed by atoms with Crippen molar-refractivity contribution >= 4 is 11.5 Å². The van der Waals surface area contributed by atoms with Gasteiger partial charge < -0.3 is 19.5 Å². The van der Waals surface area contributed by atoms with Gasteiger partial charge in [-0.2, -0.15) is 0 Å². The average Bonchev–Trinajstić information content (AvgIpc) is 2.68. The molecule has 2 aromatic carbocycles. The molecule has 2 aromatic rings. The van der Waals surface area contributed by atoms with Gasteiger partial charge in [-0.1, -0.05) is 12.1 Å². The predicted octanol–water partition coefficient (Wildman–Crippen LogP) is 4.15. The number of allylic oxidation sites excluding steroid dienone is 2. The highest BCUT2D eigenvalue weighted by Crippen LogP contribution is 2.35. The Morgan fingerprint density at radius 3 is 2.23 bits per heavy atom. The number of methoxy groups -OCH3 is 3. The minimum absolute atomic E-state index is 0.118. The minimum atomic E-state index is 0.118. The van der Waals surface area contributed by atoms with Crippen LogP contribution in [0.3, 0.4) is 0 Å². The third kappa shape index (κ3) is 3.99. The van der Waals surface area contributed by atoms with E-state index in [1.54, 1.807) is 27.4 Å². The van der Waals surface area contributed by atoms with Gasteiger partial charge in [0.15, 0.2) is 5.78 Å². The van der Waals surface area contributed by atoms with E-state index in [1.165, 1.54) is 0 Å². The van der Waals surface area contributed by atoms with Gasteiger partial charge in [0.25, 0.3) is 0 Å². The quantitative estimate of drug-likeness (QED) is 0.845. The SMILES string of the molecule is COc1ccc([C@H]2CC(=O)C=C(Nc3ccc(OC)cc3OC)C2)cc1. The van der Waals surface area contributed by atoms with E-state index < -0.39 is 0 Å². The molecule has 0 heterocycles. The van der Waals surface area contributed by atoms with E-state index in [2.05, 4.69) is 5.32 Å². The molecule has 3 rings (SSSR count). The number of carbonyl (C=O) groups is 1. The van der Waals surface area contributed by atoms with E-state index in [-0.39, 0.29) is 11.7 Å². The van der Waals surface area contributed by atoms with Gasteiger partial charge in [0.05, 0.1) is 27.0 Å². The Bertz CT molecular complexity index is 811. The van der Waals surface area contributed by atoms with Gasteiger partial charge in [0.2, 0.25) is 0 Å². The third-order valence-electron chi connectivity index (χ3n) is 4.54. The molecule has 0 aliphatic heterocycles. The second kappa shape index (κ2) is 7.95. The largest absolute Gasteiger partial charge is 0.497 e. The fourth-order valence-corrected chi connectivity index (χ4v) is 3.17. The molecule has 0 bridgehead atoms. The molecule has 1 aliphatic carbocycles. The van der Waals surface area contributed by atoms with Crippen LogP contribution in [-0.2, 0) is 4.79 Å². The topological polar surface area (TPSA) is 56.8 Å². The van der Waals surface area contributed by atoms with Crippen LogP contribution in [0.15, 0.2) is 54.2 Å². The standard InChI is InChI=1S/C21H23NO4/c1-24-18-6-4-14(5-7-18)15-10-16(12-17(23)11-15)22-20-9-8-19(25-2)13-21(20)26-3/h4-9,12-13,15,22H,10-11H2,1-3H3/t15-/m1/s1. The fraction of sp³-hybridized carbons (Fsp3) is 0.286. The van der Waals surface area contributed by atoms with Gasteiger partial charge in [-0.25, -0.2) is 0 Å². The van der Waals surface area contributed by atoms with E-state index in [4.69, 9.17) is 14.2 Å². The van der Waals surface area contributed by atoms with Crippen molar-refractivity contribution in [2.75, 3.05) is 26.6 Å². The Hall–Kier alpha value is -2.95. The molecule has 1 N–H and O–H groups in total. The number of hydrogen-bond acceptors (Lipinski definition) is 5. The predicted molar refractivity (Wildman–Crippen MR) is 101 cm³/mol. The average molecular weight is 353 g/mol. The maximum absolute atomic E-state index is 12.2. The zero-order valence-electron chi connectivity index (χ0n) is 15.2. The Morgan fingerprint density at radius 1 is 0.885 bits per heavy atom. The van der Waals surface area contributed by atoms with Crippen LogP contribution in [0.2, 0.25) is 0 Å². The number of ether oxygens (including phenoxy) is 3. The molecule has 0 spiro atoms. The van der Waals surface area contributed by atoms with E-state index in [9.17, 15) is 4.79 Å². The van der Waals surface area contributed by atoms with E-state index in [0.717, 1.165) is 34.9 Å². The lowest BCUT2D eigenvalue weighted by atomic mass is 9.85. The van der Waals surface area contributed by atoms with Crippen molar-refractivity contribution in [1.82, 2.24) is 0 Å². The zero-order valence-corrected chi connectivity index (χ0v) is 15.2. The Labute approximate surface area is 153 Å². The van der Waals surface area contributed by atoms with Crippen LogP contribution >= 0.6 is 0 Å². The summed E-state index contributed by atoms with van der Waals surface area (Å²) < 4.78 is 15.9. The van der Waals surface area contributed by atoms with Crippen molar-refractivity contribution in [2.24, 2.45) is 0 Å². The van der Waals surface area contributed by atoms with Crippen LogP contribution in [0, 0.1) is 0 Å². The molecule has 0 radical (unpaired) electrons. The number of rotatable bonds is 6. The normalized spacial score (nSPS) is 16.7. The molecule has 5 nitrogen and oxygen atoms in total. The highest BCUT2D eigenvalue weighted by atomic mass is 16.5. The maximum Gasteiger partial charge on any atom is 0.158 e. The summed E-state index contributed by atoms with van der Waals surface area (Å²) in [5, 5.41) is 3.34. The molecule has 1 atom stereocenters. The van der Waals surface area contributed by atoms with E-state index >= 15 is 0 Å². The van der Waals surface area contributed by atoms with Crippen molar-refractivity contribution in [3.8, 4) is 17.2 Å². The highest BCUT2D eigenvalue weighted by Gasteiger charge is 2.23. The van der Waals surface area contributed by atoms with E-state index in [1.807, 2.05) is 42.5 Å². The van der Waals surface area contributed by atoms with Crippen molar-refractivity contribution in [3.63, 3.8) is 0 Å². The first-order valence-electron chi connectivity index (χ1n) is 8.49. The number of ketones is 1. The smallest absolute Gasteiger partial charge is 0.158 e. The van der Waals surface area contributed by atoms with Crippen LogP contribution in [0.25, 0.3) is 0 Å². The lowest BCUT2D eigenvalue weighted by molar-refractivity contribution is -0.115. The highest BCUT2D eigenvalue weighted by molar-refractivity contribution is 5.92. The first kappa shape index (κ1) is 17.9. The number of anilines is 1. The van der Waals surface area contributed by atoms with Gasteiger partial charge in [-0.05, 0) is 42.2 Å². The van der Waals surface area contributed by atoms with Gasteiger partial charge in [-0.15, -0.1) is 0 Å². The summed E-state index contributed by atoms with van der Waals surface area (Å²) in [6, 6.07) is 13.5. The molecule has 1 aliphatic rings. The molecule has 136 valence electrons. The lowest BCUT2D eigenvalue weighted by Gasteiger charge is -2.24. The minimum Gasteiger partial charge on any atom is -0.497 e. The third-order valence-corrected chi connectivity index (χ3v) is 4.54. The monoisotopic (exact) mass is 353 g/mol. The van der Waals surface area contributed by atoms with Crippen LogP contribution in [0.4, 0.5) is 5.69 Å². The summed E-state index contributed by atoms with van der Waals surface area (Å²) in [6.45, 7) is 0. The molecular weight excluding hydrogens is 330 g/mol. The summed E-state index contributed by atoms with van der Waals surface area (Å²) in [4.78, 5) is 12.2. The van der Waals surface area contributed by atoms with Crippen LogP contribution in [0.1, 0.15) is 24.3 Å². The number of hydrogen-bond donors (Lipinski definition) is 1. The zero-order chi connectivity index (χ0) is 18.5. The summed E-state index contributed by atoms with van der Waals surface area (Å²) in [5.41, 5.74) is 2.82. The molecule has 5 heteroatoms. The first-order chi connectivity index (χ1) is 12.6. The fourth-order valence-electron chi connectivity index (χ4n) is 3.17. The number of nitrogens with one attached hydrogen (secondary N) is 1. The van der Waals surface area contributed by atoms with Crippen LogP contribution in [-0.4, -0.2) is 27.1 Å². The molecule has 0 saturated heterocycles. The van der Waals surface area contributed by atoms with Gasteiger partial charge in [-0.3, -0.25) is 4.79 Å². The van der Waals surface area contributed by atoms with Gasteiger partial charge in [0, 0.05) is 24.3 Å². The van der Waals surface area contributed by atoms with Crippen molar-refractivity contribution < 1.29 is 19.0 Å². The first-order valence-corrected chi connectivity index (χ1v) is 8.49. The molecule has 0 amide bonds. The summed E-state index contributed by atoms with van der Waals surface area (Å²) in [6.07, 6.45) is 2.95. The Morgan fingerprint density at radius 2 is 1.58 bits per heavy atom. The van der Waals surface area contributed by atoms with Crippen molar-refractivity contribution in [3.05, 3.63) is 59.8 Å². The second-order valence-corrected chi connectivity index (χ2v) is 6.21. The summed E-state index contributed by atoms with van der Waals surface area (Å²) in [7, 11) is 4.87. The molecule has 0 unspecified atom stereocenters. The maximum atomic E-state index is 12.2. The molecule has 0 aromatic heterocycles. The molecule has 0 saturated carbocycles. The summed E-state index contributed by atoms with van der Waals surface area (Å²) in [5.74, 6) is 2.46. The van der Waals surface area contributed by atoms with Crippen LogP contribution in [0.5, 0.6) is 17.2 Å². The summed E-state index contributed by atoms with van der Waals surface area (Å²) >= 11 is 0. The second-order valence-electron chi connectivity index (χ2n) is 6.21. The van der Waals surface area contributed by atoms with Crippen molar-refractivity contribution in [2.45, 2.75) is 18.8 Å². The van der Waals surface area contributed by atoms with Crippen LogP contribution < -0.4 is 19.5 Å². The number of carbonyl (C=O) groups excluding carboxylic acids is 1. The number of benzene rings is 2. The molecule has 26 heavy (non-hydrogen) atoms. The molecular formula is C21H23NO4. The van der Waals surface area contributed by atoms with E-state index in [0.29, 0.717) is 12.2 Å². The van der Waals surface area contributed by atoms with Gasteiger partial charge >= 0.3 is 0 Å². The lowest BCUT2D eigenvalue weighted by Crippen LogP contribution is -2.17. The van der Waals surface area contributed by atoms with Gasteiger partial charge in [0.1, 0.15) is 17.2 Å². The Kier molecular flexibility index (Phi) is 5.46. The molecule has 0 fully saturated rings.